The van der Waals surface area contributed by atoms with Crippen molar-refractivity contribution < 1.29 is 0 Å². The molecule has 2 bridgehead atoms. The molecule has 3 unspecified atom stereocenters. The standard InChI is InChI=1S/C13H15Br3N2/c14-9-5-10(15)13(11(16)6-9)17-12-2-4-18-3-1-8(12)7-18/h5-6,8,12,17H,1-4,7H2. The Labute approximate surface area is 133 Å². The number of anilines is 1. The van der Waals surface area contributed by atoms with Crippen LogP contribution in [0.2, 0.25) is 0 Å². The molecule has 2 fully saturated rings. The molecule has 0 amide bonds. The van der Waals surface area contributed by atoms with Crippen LogP contribution in [-0.2, 0) is 0 Å². The average Bonchev–Trinajstić information content (AvgIpc) is 2.69. The van der Waals surface area contributed by atoms with Gasteiger partial charge >= 0.3 is 0 Å². The maximum atomic E-state index is 3.73. The van der Waals surface area contributed by atoms with Gasteiger partial charge in [-0.2, -0.15) is 0 Å². The van der Waals surface area contributed by atoms with E-state index in [1.165, 1.54) is 38.2 Å². The predicted octanol–water partition coefficient (Wildman–Crippen LogP) is 4.48. The summed E-state index contributed by atoms with van der Waals surface area (Å²) in [5.74, 6) is 0.807. The fraction of sp³-hybridized carbons (Fsp3) is 0.538. The summed E-state index contributed by atoms with van der Waals surface area (Å²) in [5.41, 5.74) is 1.18. The molecule has 2 heterocycles. The minimum absolute atomic E-state index is 0.609. The summed E-state index contributed by atoms with van der Waals surface area (Å²) in [4.78, 5) is 2.58. The van der Waals surface area contributed by atoms with Crippen molar-refractivity contribution in [2.24, 2.45) is 5.92 Å². The number of fused-ring (bicyclic) bond motifs is 2. The van der Waals surface area contributed by atoms with E-state index in [0.717, 1.165) is 19.3 Å². The van der Waals surface area contributed by atoms with Crippen molar-refractivity contribution in [1.82, 2.24) is 4.90 Å². The van der Waals surface area contributed by atoms with E-state index in [9.17, 15) is 0 Å². The summed E-state index contributed by atoms with van der Waals surface area (Å²) in [6.07, 6.45) is 2.59. The van der Waals surface area contributed by atoms with Gasteiger partial charge in [0.2, 0.25) is 0 Å². The molecule has 2 nitrogen and oxygen atoms in total. The molecule has 0 aromatic heterocycles. The molecule has 18 heavy (non-hydrogen) atoms. The lowest BCUT2D eigenvalue weighted by Gasteiger charge is -2.32. The smallest absolute Gasteiger partial charge is 0.0632 e. The predicted molar refractivity (Wildman–Crippen MR) is 86.1 cm³/mol. The van der Waals surface area contributed by atoms with Crippen molar-refractivity contribution in [3.63, 3.8) is 0 Å². The first kappa shape index (κ1) is 13.4. The van der Waals surface area contributed by atoms with Gasteiger partial charge in [-0.25, -0.2) is 0 Å². The van der Waals surface area contributed by atoms with E-state index in [0.29, 0.717) is 6.04 Å². The zero-order valence-corrected chi connectivity index (χ0v) is 14.7. The first-order valence-corrected chi connectivity index (χ1v) is 8.65. The highest BCUT2D eigenvalue weighted by Gasteiger charge is 2.34. The van der Waals surface area contributed by atoms with Crippen LogP contribution in [0.3, 0.4) is 0 Å². The summed E-state index contributed by atoms with van der Waals surface area (Å²) >= 11 is 10.8. The maximum absolute atomic E-state index is 3.73. The second-order valence-electron chi connectivity index (χ2n) is 5.13. The van der Waals surface area contributed by atoms with Gasteiger partial charge in [0.15, 0.2) is 0 Å². The fourth-order valence-corrected chi connectivity index (χ4v) is 5.49. The summed E-state index contributed by atoms with van der Waals surface area (Å²) in [6.45, 7) is 3.79. The molecular formula is C13H15Br3N2. The lowest BCUT2D eigenvalue weighted by Crippen LogP contribution is -2.39. The Hall–Kier alpha value is 0.420. The zero-order chi connectivity index (χ0) is 12.7. The van der Waals surface area contributed by atoms with Crippen LogP contribution in [0.25, 0.3) is 0 Å². The van der Waals surface area contributed by atoms with Crippen molar-refractivity contribution in [2.45, 2.75) is 18.9 Å². The van der Waals surface area contributed by atoms with Crippen LogP contribution in [0, 0.1) is 5.92 Å². The summed E-state index contributed by atoms with van der Waals surface area (Å²) < 4.78 is 3.32. The number of rotatable bonds is 2. The van der Waals surface area contributed by atoms with E-state index >= 15 is 0 Å². The van der Waals surface area contributed by atoms with E-state index in [-0.39, 0.29) is 0 Å². The third kappa shape index (κ3) is 2.65. The van der Waals surface area contributed by atoms with Gasteiger partial charge in [-0.15, -0.1) is 0 Å². The summed E-state index contributed by atoms with van der Waals surface area (Å²) in [6, 6.07) is 4.80. The second-order valence-corrected chi connectivity index (χ2v) is 7.76. The maximum Gasteiger partial charge on any atom is 0.0632 e. The average molecular weight is 439 g/mol. The molecule has 0 aliphatic carbocycles. The number of piperidine rings is 1. The third-order valence-electron chi connectivity index (χ3n) is 3.97. The van der Waals surface area contributed by atoms with Crippen LogP contribution >= 0.6 is 47.8 Å². The number of benzene rings is 1. The molecule has 3 atom stereocenters. The topological polar surface area (TPSA) is 15.3 Å². The minimum Gasteiger partial charge on any atom is -0.380 e. The fourth-order valence-electron chi connectivity index (χ4n) is 3.01. The monoisotopic (exact) mass is 436 g/mol. The van der Waals surface area contributed by atoms with Crippen molar-refractivity contribution in [1.29, 1.82) is 0 Å². The number of hydrogen-bond acceptors (Lipinski definition) is 2. The Morgan fingerprint density at radius 3 is 2.44 bits per heavy atom. The summed E-state index contributed by atoms with van der Waals surface area (Å²) in [7, 11) is 0. The van der Waals surface area contributed by atoms with Gasteiger partial charge in [-0.3, -0.25) is 0 Å². The van der Waals surface area contributed by atoms with Crippen LogP contribution in [0.1, 0.15) is 12.8 Å². The zero-order valence-electron chi connectivity index (χ0n) is 9.93. The minimum atomic E-state index is 0.609. The molecule has 0 radical (unpaired) electrons. The molecular weight excluding hydrogens is 424 g/mol. The molecule has 1 aromatic carbocycles. The molecule has 2 saturated heterocycles. The molecule has 0 spiro atoms. The number of nitrogens with zero attached hydrogens (tertiary/aromatic N) is 1. The quantitative estimate of drug-likeness (QED) is 0.732. The Bertz CT molecular complexity index is 441. The van der Waals surface area contributed by atoms with Crippen LogP contribution in [0.5, 0.6) is 0 Å². The Kier molecular flexibility index (Phi) is 4.04. The van der Waals surface area contributed by atoms with E-state index in [4.69, 9.17) is 0 Å². The van der Waals surface area contributed by atoms with Gasteiger partial charge in [0.1, 0.15) is 0 Å². The first-order chi connectivity index (χ1) is 8.63. The highest BCUT2D eigenvalue weighted by molar-refractivity contribution is 9.11. The highest BCUT2D eigenvalue weighted by atomic mass is 79.9. The van der Waals surface area contributed by atoms with Crippen LogP contribution in [0.4, 0.5) is 5.69 Å². The lowest BCUT2D eigenvalue weighted by molar-refractivity contribution is 0.255. The molecule has 2 aliphatic rings. The first-order valence-electron chi connectivity index (χ1n) is 6.27. The van der Waals surface area contributed by atoms with Crippen LogP contribution < -0.4 is 5.32 Å². The Morgan fingerprint density at radius 2 is 1.72 bits per heavy atom. The Balaban J connectivity index is 1.80. The van der Waals surface area contributed by atoms with Gasteiger partial charge in [-0.1, -0.05) is 15.9 Å². The molecule has 0 saturated carbocycles. The Morgan fingerprint density at radius 1 is 1.06 bits per heavy atom. The van der Waals surface area contributed by atoms with Crippen LogP contribution in [0.15, 0.2) is 25.6 Å². The summed E-state index contributed by atoms with van der Waals surface area (Å²) in [5, 5.41) is 3.73. The largest absolute Gasteiger partial charge is 0.380 e. The molecule has 1 aromatic rings. The van der Waals surface area contributed by atoms with Gasteiger partial charge < -0.3 is 10.2 Å². The number of nitrogens with one attached hydrogen (secondary N) is 1. The second kappa shape index (κ2) is 5.43. The molecule has 98 valence electrons. The number of hydrogen-bond donors (Lipinski definition) is 1. The lowest BCUT2D eigenvalue weighted by atomic mass is 9.94. The molecule has 2 aliphatic heterocycles. The molecule has 5 heteroatoms. The molecule has 3 rings (SSSR count). The van der Waals surface area contributed by atoms with Crippen LogP contribution in [-0.4, -0.2) is 30.6 Å². The van der Waals surface area contributed by atoms with Gasteiger partial charge in [0.05, 0.1) is 5.69 Å². The van der Waals surface area contributed by atoms with E-state index in [2.05, 4.69) is 70.1 Å². The van der Waals surface area contributed by atoms with E-state index < -0.39 is 0 Å². The van der Waals surface area contributed by atoms with Gasteiger partial charge in [-0.05, 0) is 69.3 Å². The van der Waals surface area contributed by atoms with Crippen molar-refractivity contribution in [3.05, 3.63) is 25.6 Å². The normalized spacial score (nSPS) is 30.5. The van der Waals surface area contributed by atoms with Crippen molar-refractivity contribution in [3.8, 4) is 0 Å². The number of halogens is 3. The SMILES string of the molecule is Brc1cc(Br)c(NC2CCN3CCC2C3)c(Br)c1. The highest BCUT2D eigenvalue weighted by Crippen LogP contribution is 2.37. The molecule has 1 N–H and O–H groups in total. The van der Waals surface area contributed by atoms with Gasteiger partial charge in [0, 0.05) is 32.5 Å². The van der Waals surface area contributed by atoms with E-state index in [1.807, 2.05) is 0 Å². The van der Waals surface area contributed by atoms with Gasteiger partial charge in [0.25, 0.3) is 0 Å². The van der Waals surface area contributed by atoms with E-state index in [1.54, 1.807) is 0 Å². The van der Waals surface area contributed by atoms with Crippen molar-refractivity contribution in [2.75, 3.05) is 25.0 Å². The van der Waals surface area contributed by atoms with Crippen molar-refractivity contribution >= 4 is 53.5 Å². The third-order valence-corrected chi connectivity index (χ3v) is 5.68.